The molecule has 2 N–H and O–H groups in total. The first-order valence-electron chi connectivity index (χ1n) is 5.90. The van der Waals surface area contributed by atoms with E-state index >= 15 is 0 Å². The highest BCUT2D eigenvalue weighted by atomic mass is 32.1. The molecule has 92 valence electrons. The molecule has 0 atom stereocenters. The molecule has 1 fully saturated rings. The third-order valence-electron chi connectivity index (χ3n) is 3.14. The summed E-state index contributed by atoms with van der Waals surface area (Å²) in [6.07, 6.45) is 4.32. The molecule has 1 aromatic rings. The van der Waals surface area contributed by atoms with Gasteiger partial charge in [-0.1, -0.05) is 12.2 Å². The SMILES string of the molecule is NC(=S)c1cccn(CCN2CCCC2)c1=O. The molecular weight excluding hydrogens is 234 g/mol. The average molecular weight is 251 g/mol. The fourth-order valence-corrected chi connectivity index (χ4v) is 2.31. The fraction of sp³-hybridized carbons (Fsp3) is 0.500. The topological polar surface area (TPSA) is 51.3 Å². The second-order valence-electron chi connectivity index (χ2n) is 4.33. The molecule has 0 aromatic carbocycles. The maximum Gasteiger partial charge on any atom is 0.260 e. The molecule has 2 heterocycles. The van der Waals surface area contributed by atoms with E-state index in [-0.39, 0.29) is 10.5 Å². The third kappa shape index (κ3) is 2.92. The first-order valence-corrected chi connectivity index (χ1v) is 6.31. The number of aromatic nitrogens is 1. The van der Waals surface area contributed by atoms with Crippen LogP contribution in [-0.4, -0.2) is 34.1 Å². The number of nitrogens with two attached hydrogens (primary N) is 1. The van der Waals surface area contributed by atoms with E-state index in [4.69, 9.17) is 18.0 Å². The Morgan fingerprint density at radius 2 is 2.06 bits per heavy atom. The van der Waals surface area contributed by atoms with Crippen LogP contribution in [0.2, 0.25) is 0 Å². The maximum atomic E-state index is 12.0. The largest absolute Gasteiger partial charge is 0.389 e. The number of hydrogen-bond acceptors (Lipinski definition) is 3. The van der Waals surface area contributed by atoms with Crippen LogP contribution in [0.4, 0.5) is 0 Å². The second-order valence-corrected chi connectivity index (χ2v) is 4.77. The molecule has 0 spiro atoms. The van der Waals surface area contributed by atoms with Crippen molar-refractivity contribution in [1.82, 2.24) is 9.47 Å². The molecule has 17 heavy (non-hydrogen) atoms. The van der Waals surface area contributed by atoms with Crippen molar-refractivity contribution in [1.29, 1.82) is 0 Å². The van der Waals surface area contributed by atoms with Gasteiger partial charge in [-0.25, -0.2) is 0 Å². The van der Waals surface area contributed by atoms with Crippen molar-refractivity contribution in [2.24, 2.45) is 5.73 Å². The summed E-state index contributed by atoms with van der Waals surface area (Å²) < 4.78 is 1.69. The van der Waals surface area contributed by atoms with Crippen molar-refractivity contribution in [2.75, 3.05) is 19.6 Å². The number of rotatable bonds is 4. The summed E-state index contributed by atoms with van der Waals surface area (Å²) in [5, 5.41) is 0. The molecule has 1 aliphatic rings. The number of pyridine rings is 1. The van der Waals surface area contributed by atoms with Crippen LogP contribution >= 0.6 is 12.2 Å². The van der Waals surface area contributed by atoms with Gasteiger partial charge in [0, 0.05) is 19.3 Å². The number of nitrogens with zero attached hydrogens (tertiary/aromatic N) is 2. The van der Waals surface area contributed by atoms with E-state index in [0.29, 0.717) is 12.1 Å². The Morgan fingerprint density at radius 1 is 1.35 bits per heavy atom. The highest BCUT2D eigenvalue weighted by Crippen LogP contribution is 2.06. The van der Waals surface area contributed by atoms with Crippen molar-refractivity contribution < 1.29 is 0 Å². The van der Waals surface area contributed by atoms with Gasteiger partial charge in [0.15, 0.2) is 0 Å². The predicted octanol–water partition coefficient (Wildman–Crippen LogP) is 0.578. The lowest BCUT2D eigenvalue weighted by molar-refractivity contribution is 0.320. The Morgan fingerprint density at radius 3 is 2.71 bits per heavy atom. The van der Waals surface area contributed by atoms with E-state index in [0.717, 1.165) is 19.6 Å². The molecular formula is C12H17N3OS. The molecule has 2 rings (SSSR count). The van der Waals surface area contributed by atoms with Crippen LogP contribution in [0.25, 0.3) is 0 Å². The standard InChI is InChI=1S/C12H17N3OS/c13-11(17)10-4-3-7-15(12(10)16)9-8-14-5-1-2-6-14/h3-4,7H,1-2,5-6,8-9H2,(H2,13,17). The normalized spacial score (nSPS) is 16.2. The summed E-state index contributed by atoms with van der Waals surface area (Å²) in [6.45, 7) is 3.91. The van der Waals surface area contributed by atoms with Gasteiger partial charge < -0.3 is 15.2 Å². The van der Waals surface area contributed by atoms with E-state index < -0.39 is 0 Å². The Kier molecular flexibility index (Phi) is 3.91. The van der Waals surface area contributed by atoms with Gasteiger partial charge in [-0.3, -0.25) is 4.79 Å². The van der Waals surface area contributed by atoms with Crippen LogP contribution in [0.1, 0.15) is 18.4 Å². The molecule has 0 unspecified atom stereocenters. The maximum absolute atomic E-state index is 12.0. The third-order valence-corrected chi connectivity index (χ3v) is 3.36. The summed E-state index contributed by atoms with van der Waals surface area (Å²) in [4.78, 5) is 14.5. The van der Waals surface area contributed by atoms with Crippen LogP contribution < -0.4 is 11.3 Å². The summed E-state index contributed by atoms with van der Waals surface area (Å²) in [5.41, 5.74) is 5.86. The van der Waals surface area contributed by atoms with E-state index in [9.17, 15) is 4.79 Å². The summed E-state index contributed by atoms with van der Waals surface area (Å²) in [6, 6.07) is 3.50. The van der Waals surface area contributed by atoms with Gasteiger partial charge in [-0.15, -0.1) is 0 Å². The molecule has 1 saturated heterocycles. The monoisotopic (exact) mass is 251 g/mol. The zero-order valence-electron chi connectivity index (χ0n) is 9.76. The summed E-state index contributed by atoms with van der Waals surface area (Å²) >= 11 is 4.85. The first-order chi connectivity index (χ1) is 8.18. The van der Waals surface area contributed by atoms with E-state index in [1.165, 1.54) is 12.8 Å². The molecule has 1 aromatic heterocycles. The van der Waals surface area contributed by atoms with Gasteiger partial charge in [0.25, 0.3) is 5.56 Å². The number of hydrogen-bond donors (Lipinski definition) is 1. The molecule has 0 saturated carbocycles. The molecule has 0 aliphatic carbocycles. The van der Waals surface area contributed by atoms with E-state index in [1.807, 2.05) is 6.07 Å². The smallest absolute Gasteiger partial charge is 0.260 e. The number of likely N-dealkylation sites (tertiary alicyclic amines) is 1. The lowest BCUT2D eigenvalue weighted by Crippen LogP contribution is -2.32. The van der Waals surface area contributed by atoms with Crippen molar-refractivity contribution >= 4 is 17.2 Å². The van der Waals surface area contributed by atoms with Gasteiger partial charge in [-0.05, 0) is 38.1 Å². The Bertz CT molecular complexity index is 463. The zero-order chi connectivity index (χ0) is 12.3. The highest BCUT2D eigenvalue weighted by Gasteiger charge is 2.12. The van der Waals surface area contributed by atoms with Crippen LogP contribution in [0.3, 0.4) is 0 Å². The van der Waals surface area contributed by atoms with E-state index in [1.54, 1.807) is 16.8 Å². The van der Waals surface area contributed by atoms with Gasteiger partial charge in [0.05, 0.1) is 5.56 Å². The van der Waals surface area contributed by atoms with Crippen molar-refractivity contribution in [2.45, 2.75) is 19.4 Å². The Balaban J connectivity index is 2.07. The summed E-state index contributed by atoms with van der Waals surface area (Å²) in [7, 11) is 0. The minimum Gasteiger partial charge on any atom is -0.389 e. The zero-order valence-corrected chi connectivity index (χ0v) is 10.6. The fourth-order valence-electron chi connectivity index (χ4n) is 2.16. The van der Waals surface area contributed by atoms with Gasteiger partial charge in [0.2, 0.25) is 0 Å². The van der Waals surface area contributed by atoms with Gasteiger partial charge in [-0.2, -0.15) is 0 Å². The van der Waals surface area contributed by atoms with Gasteiger partial charge >= 0.3 is 0 Å². The Hall–Kier alpha value is -1.20. The predicted molar refractivity (Wildman–Crippen MR) is 72.3 cm³/mol. The van der Waals surface area contributed by atoms with Crippen molar-refractivity contribution in [3.63, 3.8) is 0 Å². The molecule has 4 nitrogen and oxygen atoms in total. The minimum absolute atomic E-state index is 0.0841. The molecule has 0 bridgehead atoms. The van der Waals surface area contributed by atoms with Crippen molar-refractivity contribution in [3.05, 3.63) is 34.2 Å². The van der Waals surface area contributed by atoms with Crippen LogP contribution in [0.15, 0.2) is 23.1 Å². The lowest BCUT2D eigenvalue weighted by Gasteiger charge is -2.15. The second kappa shape index (κ2) is 5.42. The summed E-state index contributed by atoms with van der Waals surface area (Å²) in [5.74, 6) is 0. The van der Waals surface area contributed by atoms with Gasteiger partial charge in [0.1, 0.15) is 4.99 Å². The average Bonchev–Trinajstić information content (AvgIpc) is 2.80. The molecule has 0 amide bonds. The first kappa shape index (κ1) is 12.3. The molecule has 0 radical (unpaired) electrons. The highest BCUT2D eigenvalue weighted by molar-refractivity contribution is 7.80. The van der Waals surface area contributed by atoms with Crippen LogP contribution in [0, 0.1) is 0 Å². The quantitative estimate of drug-likeness (QED) is 0.795. The Labute approximate surface area is 106 Å². The van der Waals surface area contributed by atoms with E-state index in [2.05, 4.69) is 4.90 Å². The van der Waals surface area contributed by atoms with Crippen LogP contribution in [-0.2, 0) is 6.54 Å². The molecule has 1 aliphatic heterocycles. The number of thiocarbonyl (C=S) groups is 1. The van der Waals surface area contributed by atoms with Crippen LogP contribution in [0.5, 0.6) is 0 Å². The minimum atomic E-state index is -0.0841. The molecule has 5 heteroatoms. The lowest BCUT2D eigenvalue weighted by atomic mass is 10.3. The van der Waals surface area contributed by atoms with Crippen molar-refractivity contribution in [3.8, 4) is 0 Å².